The van der Waals surface area contributed by atoms with Crippen LogP contribution in [0.5, 0.6) is 11.5 Å². The zero-order valence-corrected chi connectivity index (χ0v) is 16.3. The van der Waals surface area contributed by atoms with E-state index >= 15 is 0 Å². The van der Waals surface area contributed by atoms with Crippen molar-refractivity contribution in [1.82, 2.24) is 0 Å². The number of nitrogens with one attached hydrogen (secondary N) is 1. The van der Waals surface area contributed by atoms with Crippen LogP contribution >= 0.6 is 0 Å². The molecule has 0 aliphatic carbocycles. The summed E-state index contributed by atoms with van der Waals surface area (Å²) >= 11 is 0. The van der Waals surface area contributed by atoms with Crippen molar-refractivity contribution in [2.24, 2.45) is 5.92 Å². The number of benzene rings is 2. The highest BCUT2D eigenvalue weighted by Gasteiger charge is 2.36. The summed E-state index contributed by atoms with van der Waals surface area (Å²) in [5.74, 6) is -0.131. The summed E-state index contributed by atoms with van der Waals surface area (Å²) in [6, 6.07) is 9.58. The summed E-state index contributed by atoms with van der Waals surface area (Å²) in [5.41, 5.74) is 1.27. The Hall–Kier alpha value is -3.62. The number of carbonyl (C=O) groups excluding carboxylic acids is 2. The van der Waals surface area contributed by atoms with Crippen molar-refractivity contribution in [1.29, 1.82) is 0 Å². The molecule has 1 unspecified atom stereocenters. The maximum Gasteiger partial charge on any atom is 0.274 e. The summed E-state index contributed by atoms with van der Waals surface area (Å²) in [6.45, 7) is 1.79. The van der Waals surface area contributed by atoms with Crippen molar-refractivity contribution in [2.75, 3.05) is 31.0 Å². The zero-order valence-electron chi connectivity index (χ0n) is 16.3. The van der Waals surface area contributed by atoms with Gasteiger partial charge in [0.05, 0.1) is 30.7 Å². The van der Waals surface area contributed by atoms with Gasteiger partial charge in [0.2, 0.25) is 11.8 Å². The summed E-state index contributed by atoms with van der Waals surface area (Å²) in [5, 5.41) is 13.8. The maximum atomic E-state index is 12.7. The Morgan fingerprint density at radius 3 is 2.62 bits per heavy atom. The first-order chi connectivity index (χ1) is 13.8. The minimum atomic E-state index is -0.598. The summed E-state index contributed by atoms with van der Waals surface area (Å²) in [4.78, 5) is 37.3. The number of nitro benzene ring substituents is 1. The van der Waals surface area contributed by atoms with Crippen molar-refractivity contribution >= 4 is 28.9 Å². The van der Waals surface area contributed by atoms with Crippen LogP contribution < -0.4 is 19.7 Å². The number of methoxy groups -OCH3 is 2. The first-order valence-corrected chi connectivity index (χ1v) is 8.92. The van der Waals surface area contributed by atoms with Gasteiger partial charge in [-0.15, -0.1) is 0 Å². The number of carbonyl (C=O) groups is 2. The topological polar surface area (TPSA) is 111 Å². The van der Waals surface area contributed by atoms with Crippen molar-refractivity contribution in [2.45, 2.75) is 13.3 Å². The Kier molecular flexibility index (Phi) is 5.67. The molecule has 0 aromatic heterocycles. The lowest BCUT2D eigenvalue weighted by Crippen LogP contribution is -2.28. The van der Waals surface area contributed by atoms with Gasteiger partial charge in [-0.25, -0.2) is 0 Å². The third-order valence-corrected chi connectivity index (χ3v) is 4.85. The van der Waals surface area contributed by atoms with E-state index in [1.165, 1.54) is 25.2 Å². The second kappa shape index (κ2) is 8.17. The zero-order chi connectivity index (χ0) is 21.1. The van der Waals surface area contributed by atoms with Gasteiger partial charge in [-0.2, -0.15) is 0 Å². The van der Waals surface area contributed by atoms with Gasteiger partial charge in [0, 0.05) is 36.3 Å². The monoisotopic (exact) mass is 399 g/mol. The number of hydrogen-bond acceptors (Lipinski definition) is 6. The molecule has 3 rings (SSSR count). The van der Waals surface area contributed by atoms with Crippen LogP contribution in [0.3, 0.4) is 0 Å². The minimum absolute atomic E-state index is 0.0279. The number of nitrogens with zero attached hydrogens (tertiary/aromatic N) is 2. The lowest BCUT2D eigenvalue weighted by atomic mass is 10.1. The fourth-order valence-corrected chi connectivity index (χ4v) is 3.25. The standard InChI is InChI=1S/C20H21N3O6/c1-12-4-5-14(9-16(12)23(26)27)21-20(25)13-8-19(24)22(11-13)17-10-15(28-2)6-7-18(17)29-3/h4-7,9-10,13H,8,11H2,1-3H3,(H,21,25). The summed E-state index contributed by atoms with van der Waals surface area (Å²) in [6.07, 6.45) is 0.0279. The number of nitro groups is 1. The van der Waals surface area contributed by atoms with Crippen LogP contribution in [0.2, 0.25) is 0 Å². The highest BCUT2D eigenvalue weighted by atomic mass is 16.6. The molecule has 1 aliphatic heterocycles. The lowest BCUT2D eigenvalue weighted by molar-refractivity contribution is -0.385. The normalized spacial score (nSPS) is 15.9. The van der Waals surface area contributed by atoms with E-state index in [2.05, 4.69) is 5.32 Å². The highest BCUT2D eigenvalue weighted by molar-refractivity contribution is 6.04. The highest BCUT2D eigenvalue weighted by Crippen LogP contribution is 2.36. The molecular formula is C20H21N3O6. The van der Waals surface area contributed by atoms with Gasteiger partial charge in [-0.3, -0.25) is 19.7 Å². The SMILES string of the molecule is COc1ccc(OC)c(N2CC(C(=O)Nc3ccc(C)c([N+](=O)[O-])c3)CC2=O)c1. The molecule has 1 N–H and O–H groups in total. The number of aryl methyl sites for hydroxylation is 1. The van der Waals surface area contributed by atoms with Crippen LogP contribution in [0.25, 0.3) is 0 Å². The first-order valence-electron chi connectivity index (χ1n) is 8.92. The van der Waals surface area contributed by atoms with Gasteiger partial charge < -0.3 is 19.7 Å². The number of rotatable bonds is 6. The van der Waals surface area contributed by atoms with Gasteiger partial charge >= 0.3 is 0 Å². The molecule has 0 spiro atoms. The average molecular weight is 399 g/mol. The van der Waals surface area contributed by atoms with E-state index in [-0.39, 0.29) is 30.5 Å². The Morgan fingerprint density at radius 2 is 1.97 bits per heavy atom. The Balaban J connectivity index is 1.78. The van der Waals surface area contributed by atoms with Gasteiger partial charge in [0.1, 0.15) is 11.5 Å². The van der Waals surface area contributed by atoms with Crippen LogP contribution in [0.15, 0.2) is 36.4 Å². The molecule has 1 heterocycles. The van der Waals surface area contributed by atoms with E-state index in [9.17, 15) is 19.7 Å². The smallest absolute Gasteiger partial charge is 0.274 e. The second-order valence-electron chi connectivity index (χ2n) is 6.69. The number of anilines is 2. The molecule has 2 aromatic rings. The molecule has 2 aromatic carbocycles. The predicted molar refractivity (Wildman–Crippen MR) is 106 cm³/mol. The van der Waals surface area contributed by atoms with Crippen LogP contribution in [0.1, 0.15) is 12.0 Å². The predicted octanol–water partition coefficient (Wildman–Crippen LogP) is 2.91. The van der Waals surface area contributed by atoms with Gasteiger partial charge in [-0.05, 0) is 25.1 Å². The third-order valence-electron chi connectivity index (χ3n) is 4.85. The van der Waals surface area contributed by atoms with Crippen LogP contribution in [0.4, 0.5) is 17.1 Å². The van der Waals surface area contributed by atoms with Gasteiger partial charge in [0.25, 0.3) is 5.69 Å². The molecule has 2 amide bonds. The lowest BCUT2D eigenvalue weighted by Gasteiger charge is -2.20. The molecule has 0 bridgehead atoms. The molecule has 9 nitrogen and oxygen atoms in total. The Labute approximate surface area is 167 Å². The van der Waals surface area contributed by atoms with Crippen LogP contribution in [-0.4, -0.2) is 37.5 Å². The van der Waals surface area contributed by atoms with E-state index in [1.807, 2.05) is 0 Å². The molecule has 1 aliphatic rings. The molecule has 1 atom stereocenters. The quantitative estimate of drug-likeness (QED) is 0.591. The van der Waals surface area contributed by atoms with E-state index < -0.39 is 10.8 Å². The van der Waals surface area contributed by atoms with Gasteiger partial charge in [-0.1, -0.05) is 6.07 Å². The summed E-state index contributed by atoms with van der Waals surface area (Å²) < 4.78 is 10.5. The second-order valence-corrected chi connectivity index (χ2v) is 6.69. The molecule has 1 fully saturated rings. The maximum absolute atomic E-state index is 12.7. The third kappa shape index (κ3) is 4.13. The number of hydrogen-bond donors (Lipinski definition) is 1. The fraction of sp³-hybridized carbons (Fsp3) is 0.300. The molecule has 0 saturated carbocycles. The van der Waals surface area contributed by atoms with E-state index in [0.29, 0.717) is 28.4 Å². The van der Waals surface area contributed by atoms with Crippen LogP contribution in [-0.2, 0) is 9.59 Å². The van der Waals surface area contributed by atoms with E-state index in [0.717, 1.165) is 0 Å². The summed E-state index contributed by atoms with van der Waals surface area (Å²) in [7, 11) is 3.02. The van der Waals surface area contributed by atoms with Crippen molar-refractivity contribution in [3.63, 3.8) is 0 Å². The first kappa shape index (κ1) is 20.1. The Morgan fingerprint density at radius 1 is 1.21 bits per heavy atom. The minimum Gasteiger partial charge on any atom is -0.497 e. The fourth-order valence-electron chi connectivity index (χ4n) is 3.25. The molecule has 152 valence electrons. The molecular weight excluding hydrogens is 378 g/mol. The van der Waals surface area contributed by atoms with E-state index in [4.69, 9.17) is 9.47 Å². The van der Waals surface area contributed by atoms with Crippen molar-refractivity contribution in [3.8, 4) is 11.5 Å². The molecule has 1 saturated heterocycles. The van der Waals surface area contributed by atoms with Crippen LogP contribution in [0, 0.1) is 23.0 Å². The number of amides is 2. The van der Waals surface area contributed by atoms with Crippen molar-refractivity contribution < 1.29 is 24.0 Å². The molecule has 0 radical (unpaired) electrons. The van der Waals surface area contributed by atoms with E-state index in [1.54, 1.807) is 37.3 Å². The largest absolute Gasteiger partial charge is 0.497 e. The Bertz CT molecular complexity index is 975. The molecule has 9 heteroatoms. The average Bonchev–Trinajstić information content (AvgIpc) is 3.10. The number of ether oxygens (including phenoxy) is 2. The van der Waals surface area contributed by atoms with Gasteiger partial charge in [0.15, 0.2) is 0 Å². The molecule has 29 heavy (non-hydrogen) atoms. The van der Waals surface area contributed by atoms with Crippen molar-refractivity contribution in [3.05, 3.63) is 52.1 Å².